The summed E-state index contributed by atoms with van der Waals surface area (Å²) in [5.74, 6) is 1.04. The lowest BCUT2D eigenvalue weighted by atomic mass is 10.4. The summed E-state index contributed by atoms with van der Waals surface area (Å²) in [6, 6.07) is 1.95. The summed E-state index contributed by atoms with van der Waals surface area (Å²) in [6.45, 7) is 3.63. The van der Waals surface area contributed by atoms with Crippen molar-refractivity contribution in [3.05, 3.63) is 18.5 Å². The summed E-state index contributed by atoms with van der Waals surface area (Å²) in [5, 5.41) is 0. The predicted octanol–water partition coefficient (Wildman–Crippen LogP) is 2.18. The van der Waals surface area contributed by atoms with Crippen molar-refractivity contribution in [1.29, 1.82) is 0 Å². The molecule has 0 radical (unpaired) electrons. The van der Waals surface area contributed by atoms with Crippen molar-refractivity contribution in [2.24, 2.45) is 0 Å². The first-order chi connectivity index (χ1) is 6.84. The van der Waals surface area contributed by atoms with Crippen molar-refractivity contribution in [2.45, 2.75) is 18.2 Å². The lowest BCUT2D eigenvalue weighted by molar-refractivity contribution is 0.149. The minimum atomic E-state index is 0.758. The van der Waals surface area contributed by atoms with Crippen LogP contribution in [-0.2, 0) is 4.74 Å². The van der Waals surface area contributed by atoms with Gasteiger partial charge in [0.1, 0.15) is 0 Å². The number of anilines is 1. The molecule has 0 fully saturated rings. The van der Waals surface area contributed by atoms with E-state index in [0.717, 1.165) is 36.0 Å². The Morgan fingerprint density at radius 2 is 2.43 bits per heavy atom. The highest BCUT2D eigenvalue weighted by Gasteiger charge is 1.98. The second kappa shape index (κ2) is 6.68. The van der Waals surface area contributed by atoms with Crippen LogP contribution in [0.25, 0.3) is 0 Å². The molecule has 0 bridgehead atoms. The third-order valence-corrected chi connectivity index (χ3v) is 2.88. The van der Waals surface area contributed by atoms with Crippen LogP contribution in [0.4, 0.5) is 5.69 Å². The Morgan fingerprint density at radius 3 is 3.14 bits per heavy atom. The molecule has 0 unspecified atom stereocenters. The fraction of sp³-hybridized carbons (Fsp3) is 0.500. The molecule has 78 valence electrons. The van der Waals surface area contributed by atoms with Gasteiger partial charge in [-0.05, 0) is 19.4 Å². The van der Waals surface area contributed by atoms with Gasteiger partial charge in [-0.25, -0.2) is 0 Å². The fourth-order valence-electron chi connectivity index (χ4n) is 1.01. The topological polar surface area (TPSA) is 48.1 Å². The Hall–Kier alpha value is -0.740. The molecule has 2 N–H and O–H groups in total. The Balaban J connectivity index is 2.21. The molecule has 1 aromatic heterocycles. The van der Waals surface area contributed by atoms with E-state index in [2.05, 4.69) is 4.98 Å². The number of thioether (sulfide) groups is 1. The summed E-state index contributed by atoms with van der Waals surface area (Å²) in [6.07, 6.45) is 4.51. The number of pyridine rings is 1. The molecule has 0 aliphatic heterocycles. The average Bonchev–Trinajstić information content (AvgIpc) is 2.20. The monoisotopic (exact) mass is 212 g/mol. The third kappa shape index (κ3) is 3.98. The maximum atomic E-state index is 5.75. The van der Waals surface area contributed by atoms with Gasteiger partial charge < -0.3 is 10.5 Å². The highest BCUT2D eigenvalue weighted by molar-refractivity contribution is 7.99. The Labute approximate surface area is 89.1 Å². The molecule has 3 nitrogen and oxygen atoms in total. The van der Waals surface area contributed by atoms with Crippen molar-refractivity contribution >= 4 is 17.4 Å². The first kappa shape index (κ1) is 11.3. The molecule has 1 heterocycles. The van der Waals surface area contributed by atoms with Crippen LogP contribution in [0.5, 0.6) is 0 Å². The van der Waals surface area contributed by atoms with Crippen LogP contribution in [0.2, 0.25) is 0 Å². The van der Waals surface area contributed by atoms with Crippen molar-refractivity contribution in [1.82, 2.24) is 4.98 Å². The van der Waals surface area contributed by atoms with Gasteiger partial charge in [-0.15, -0.1) is 11.8 Å². The standard InChI is InChI=1S/C10H16N2OS/c1-2-13-6-3-7-14-10-4-5-12-8-9(10)11/h4-5,8H,2-3,6-7,11H2,1H3. The van der Waals surface area contributed by atoms with E-state index in [9.17, 15) is 0 Å². The van der Waals surface area contributed by atoms with Crippen molar-refractivity contribution in [3.63, 3.8) is 0 Å². The molecule has 0 atom stereocenters. The molecule has 4 heteroatoms. The van der Waals surface area contributed by atoms with E-state index >= 15 is 0 Å². The number of nitrogens with zero attached hydrogens (tertiary/aromatic N) is 1. The highest BCUT2D eigenvalue weighted by Crippen LogP contribution is 2.23. The second-order valence-corrected chi connectivity index (χ2v) is 3.95. The molecular weight excluding hydrogens is 196 g/mol. The first-order valence-corrected chi connectivity index (χ1v) is 5.73. The van der Waals surface area contributed by atoms with Crippen LogP contribution >= 0.6 is 11.8 Å². The molecular formula is C10H16N2OS. The highest BCUT2D eigenvalue weighted by atomic mass is 32.2. The Morgan fingerprint density at radius 1 is 1.57 bits per heavy atom. The fourth-order valence-corrected chi connectivity index (χ4v) is 1.87. The predicted molar refractivity (Wildman–Crippen MR) is 60.5 cm³/mol. The Kier molecular flexibility index (Phi) is 5.40. The SMILES string of the molecule is CCOCCCSc1ccncc1N. The van der Waals surface area contributed by atoms with Crippen LogP contribution in [0.1, 0.15) is 13.3 Å². The largest absolute Gasteiger partial charge is 0.397 e. The van der Waals surface area contributed by atoms with E-state index < -0.39 is 0 Å². The number of hydrogen-bond acceptors (Lipinski definition) is 4. The van der Waals surface area contributed by atoms with Gasteiger partial charge in [0.2, 0.25) is 0 Å². The summed E-state index contributed by atoms with van der Waals surface area (Å²) < 4.78 is 5.24. The van der Waals surface area contributed by atoms with Crippen molar-refractivity contribution in [3.8, 4) is 0 Å². The molecule has 1 rings (SSSR count). The smallest absolute Gasteiger partial charge is 0.0638 e. The van der Waals surface area contributed by atoms with Gasteiger partial charge in [0.25, 0.3) is 0 Å². The zero-order valence-corrected chi connectivity index (χ0v) is 9.22. The average molecular weight is 212 g/mol. The summed E-state index contributed by atoms with van der Waals surface area (Å²) in [7, 11) is 0. The van der Waals surface area contributed by atoms with E-state index in [1.165, 1.54) is 0 Å². The van der Waals surface area contributed by atoms with Gasteiger partial charge in [-0.3, -0.25) is 4.98 Å². The zero-order chi connectivity index (χ0) is 10.2. The molecule has 0 spiro atoms. The Bertz CT molecular complexity index is 268. The van der Waals surface area contributed by atoms with Gasteiger partial charge >= 0.3 is 0 Å². The van der Waals surface area contributed by atoms with Crippen LogP contribution in [0.15, 0.2) is 23.4 Å². The molecule has 0 aromatic carbocycles. The quantitative estimate of drug-likeness (QED) is 0.580. The van der Waals surface area contributed by atoms with Gasteiger partial charge in [0.15, 0.2) is 0 Å². The van der Waals surface area contributed by atoms with Crippen LogP contribution in [-0.4, -0.2) is 24.0 Å². The molecule has 14 heavy (non-hydrogen) atoms. The van der Waals surface area contributed by atoms with E-state index in [-0.39, 0.29) is 0 Å². The number of nitrogens with two attached hydrogens (primary N) is 1. The number of rotatable bonds is 6. The van der Waals surface area contributed by atoms with Crippen molar-refractivity contribution in [2.75, 3.05) is 24.7 Å². The van der Waals surface area contributed by atoms with E-state index in [1.807, 2.05) is 13.0 Å². The molecule has 0 amide bonds. The minimum Gasteiger partial charge on any atom is -0.397 e. The molecule has 0 saturated heterocycles. The summed E-state index contributed by atoms with van der Waals surface area (Å²) >= 11 is 1.75. The molecule has 0 saturated carbocycles. The summed E-state index contributed by atoms with van der Waals surface area (Å²) in [4.78, 5) is 5.05. The zero-order valence-electron chi connectivity index (χ0n) is 8.40. The van der Waals surface area contributed by atoms with E-state index in [1.54, 1.807) is 24.2 Å². The summed E-state index contributed by atoms with van der Waals surface area (Å²) in [5.41, 5.74) is 6.51. The lowest BCUT2D eigenvalue weighted by Gasteiger charge is -2.04. The number of ether oxygens (including phenoxy) is 1. The van der Waals surface area contributed by atoms with Crippen LogP contribution < -0.4 is 5.73 Å². The molecule has 0 aliphatic carbocycles. The van der Waals surface area contributed by atoms with Gasteiger partial charge in [0, 0.05) is 30.1 Å². The van der Waals surface area contributed by atoms with E-state index in [4.69, 9.17) is 10.5 Å². The normalized spacial score (nSPS) is 10.4. The molecule has 1 aromatic rings. The van der Waals surface area contributed by atoms with Gasteiger partial charge in [0.05, 0.1) is 11.9 Å². The maximum Gasteiger partial charge on any atom is 0.0638 e. The second-order valence-electron chi connectivity index (χ2n) is 2.81. The van der Waals surface area contributed by atoms with Gasteiger partial charge in [-0.2, -0.15) is 0 Å². The minimum absolute atomic E-state index is 0.758. The lowest BCUT2D eigenvalue weighted by Crippen LogP contribution is -1.95. The number of aromatic nitrogens is 1. The number of nitrogen functional groups attached to an aromatic ring is 1. The van der Waals surface area contributed by atoms with Crippen LogP contribution in [0.3, 0.4) is 0 Å². The molecule has 0 aliphatic rings. The van der Waals surface area contributed by atoms with Gasteiger partial charge in [-0.1, -0.05) is 0 Å². The van der Waals surface area contributed by atoms with Crippen LogP contribution in [0, 0.1) is 0 Å². The first-order valence-electron chi connectivity index (χ1n) is 4.74. The third-order valence-electron chi connectivity index (χ3n) is 1.70. The van der Waals surface area contributed by atoms with E-state index in [0.29, 0.717) is 0 Å². The van der Waals surface area contributed by atoms with Crippen molar-refractivity contribution < 1.29 is 4.74 Å². The maximum absolute atomic E-state index is 5.75. The number of hydrogen-bond donors (Lipinski definition) is 1.